The predicted octanol–water partition coefficient (Wildman–Crippen LogP) is 2.19. The Hall–Kier alpha value is -0.860. The zero-order valence-corrected chi connectivity index (χ0v) is 9.55. The first-order chi connectivity index (χ1) is 7.22. The van der Waals surface area contributed by atoms with E-state index < -0.39 is 0 Å². The van der Waals surface area contributed by atoms with Crippen LogP contribution in [0.1, 0.15) is 58.3 Å². The highest BCUT2D eigenvalue weighted by Gasteiger charge is 2.19. The summed E-state index contributed by atoms with van der Waals surface area (Å²) in [5.74, 6) is 0.495. The molecule has 0 bridgehead atoms. The quantitative estimate of drug-likeness (QED) is 0.708. The van der Waals surface area contributed by atoms with E-state index in [4.69, 9.17) is 0 Å². The van der Waals surface area contributed by atoms with Gasteiger partial charge in [-0.2, -0.15) is 0 Å². The molecule has 86 valence electrons. The van der Waals surface area contributed by atoms with Crippen LogP contribution in [0, 0.1) is 0 Å². The molecule has 1 fully saturated rings. The van der Waals surface area contributed by atoms with Crippen molar-refractivity contribution in [1.29, 1.82) is 0 Å². The summed E-state index contributed by atoms with van der Waals surface area (Å²) in [6.07, 6.45) is 6.82. The lowest BCUT2D eigenvalue weighted by Crippen LogP contribution is -2.37. The van der Waals surface area contributed by atoms with E-state index in [0.29, 0.717) is 25.0 Å². The molecular weight excluding hydrogens is 190 g/mol. The van der Waals surface area contributed by atoms with Gasteiger partial charge in [-0.15, -0.1) is 0 Å². The Morgan fingerprint density at radius 2 is 2.00 bits per heavy atom. The summed E-state index contributed by atoms with van der Waals surface area (Å²) in [4.78, 5) is 22.5. The van der Waals surface area contributed by atoms with E-state index >= 15 is 0 Å². The van der Waals surface area contributed by atoms with Crippen LogP contribution < -0.4 is 5.32 Å². The van der Waals surface area contributed by atoms with E-state index in [1.807, 2.05) is 0 Å². The molecule has 0 aromatic carbocycles. The molecule has 0 aliphatic heterocycles. The van der Waals surface area contributed by atoms with E-state index in [2.05, 4.69) is 12.2 Å². The highest BCUT2D eigenvalue weighted by molar-refractivity contribution is 5.80. The zero-order valence-electron chi connectivity index (χ0n) is 9.55. The van der Waals surface area contributed by atoms with Crippen LogP contribution in [0.15, 0.2) is 0 Å². The summed E-state index contributed by atoms with van der Waals surface area (Å²) in [5, 5.41) is 3.01. The van der Waals surface area contributed by atoms with Crippen molar-refractivity contribution in [3.8, 4) is 0 Å². The minimum Gasteiger partial charge on any atom is -0.353 e. The standard InChI is InChI=1S/C12H21NO2/c1-2-3-4-5-12(15)13-10-6-8-11(14)9-7-10/h10H,2-9H2,1H3,(H,13,15). The van der Waals surface area contributed by atoms with Crippen molar-refractivity contribution in [3.05, 3.63) is 0 Å². The first kappa shape index (κ1) is 12.2. The summed E-state index contributed by atoms with van der Waals surface area (Å²) in [5.41, 5.74) is 0. The third kappa shape index (κ3) is 4.96. The average Bonchev–Trinajstić information content (AvgIpc) is 2.22. The SMILES string of the molecule is CCCCCC(=O)NC1CCC(=O)CC1. The molecule has 15 heavy (non-hydrogen) atoms. The molecule has 0 saturated heterocycles. The minimum atomic E-state index is 0.155. The van der Waals surface area contributed by atoms with Crippen LogP contribution in [-0.4, -0.2) is 17.7 Å². The molecule has 0 radical (unpaired) electrons. The van der Waals surface area contributed by atoms with Gasteiger partial charge in [0.1, 0.15) is 5.78 Å². The Balaban J connectivity index is 2.12. The van der Waals surface area contributed by atoms with Gasteiger partial charge < -0.3 is 5.32 Å². The number of amides is 1. The normalized spacial score (nSPS) is 17.8. The molecule has 0 aromatic heterocycles. The lowest BCUT2D eigenvalue weighted by atomic mass is 9.94. The highest BCUT2D eigenvalue weighted by Crippen LogP contribution is 2.14. The number of carbonyl (C=O) groups is 2. The molecule has 1 amide bonds. The summed E-state index contributed by atoms with van der Waals surface area (Å²) in [7, 11) is 0. The van der Waals surface area contributed by atoms with Crippen molar-refractivity contribution in [3.63, 3.8) is 0 Å². The number of nitrogens with one attached hydrogen (secondary N) is 1. The molecule has 0 heterocycles. The minimum absolute atomic E-state index is 0.155. The van der Waals surface area contributed by atoms with Gasteiger partial charge in [0.15, 0.2) is 0 Å². The molecule has 1 rings (SSSR count). The summed E-state index contributed by atoms with van der Waals surface area (Å²) in [6.45, 7) is 2.13. The fourth-order valence-electron chi connectivity index (χ4n) is 1.92. The molecular formula is C12H21NO2. The van der Waals surface area contributed by atoms with Crippen LogP contribution in [0.3, 0.4) is 0 Å². The fraction of sp³-hybridized carbons (Fsp3) is 0.833. The van der Waals surface area contributed by atoms with E-state index in [1.165, 1.54) is 0 Å². The van der Waals surface area contributed by atoms with Crippen molar-refractivity contribution < 1.29 is 9.59 Å². The van der Waals surface area contributed by atoms with Crippen LogP contribution in [0.2, 0.25) is 0 Å². The van der Waals surface area contributed by atoms with Gasteiger partial charge in [0.25, 0.3) is 0 Å². The Morgan fingerprint density at radius 1 is 1.33 bits per heavy atom. The smallest absolute Gasteiger partial charge is 0.220 e. The van der Waals surface area contributed by atoms with Crippen LogP contribution in [0.4, 0.5) is 0 Å². The number of carbonyl (C=O) groups excluding carboxylic acids is 2. The monoisotopic (exact) mass is 211 g/mol. The Kier molecular flexibility index (Phi) is 5.37. The Morgan fingerprint density at radius 3 is 2.60 bits per heavy atom. The first-order valence-corrected chi connectivity index (χ1v) is 6.03. The topological polar surface area (TPSA) is 46.2 Å². The van der Waals surface area contributed by atoms with Crippen molar-refractivity contribution in [2.75, 3.05) is 0 Å². The molecule has 0 atom stereocenters. The molecule has 1 N–H and O–H groups in total. The van der Waals surface area contributed by atoms with Crippen LogP contribution in [-0.2, 0) is 9.59 Å². The summed E-state index contributed by atoms with van der Waals surface area (Å²) >= 11 is 0. The molecule has 1 aliphatic carbocycles. The second-order valence-corrected chi connectivity index (χ2v) is 4.34. The van der Waals surface area contributed by atoms with Crippen molar-refractivity contribution in [2.24, 2.45) is 0 Å². The van der Waals surface area contributed by atoms with Gasteiger partial charge in [-0.25, -0.2) is 0 Å². The lowest BCUT2D eigenvalue weighted by molar-refractivity contribution is -0.124. The van der Waals surface area contributed by atoms with Crippen molar-refractivity contribution in [2.45, 2.75) is 64.3 Å². The molecule has 0 aromatic rings. The summed E-state index contributed by atoms with van der Waals surface area (Å²) < 4.78 is 0. The maximum Gasteiger partial charge on any atom is 0.220 e. The maximum atomic E-state index is 11.5. The number of ketones is 1. The van der Waals surface area contributed by atoms with E-state index in [9.17, 15) is 9.59 Å². The number of hydrogen-bond donors (Lipinski definition) is 1. The van der Waals surface area contributed by atoms with Gasteiger partial charge in [-0.3, -0.25) is 9.59 Å². The van der Waals surface area contributed by atoms with Gasteiger partial charge >= 0.3 is 0 Å². The van der Waals surface area contributed by atoms with Crippen molar-refractivity contribution >= 4 is 11.7 Å². The molecule has 0 unspecified atom stereocenters. The number of rotatable bonds is 5. The number of Topliss-reactive ketones (excluding diaryl/α,β-unsaturated/α-hetero) is 1. The second kappa shape index (κ2) is 6.59. The lowest BCUT2D eigenvalue weighted by Gasteiger charge is -2.22. The van der Waals surface area contributed by atoms with E-state index in [0.717, 1.165) is 32.1 Å². The average molecular weight is 211 g/mol. The van der Waals surface area contributed by atoms with Crippen LogP contribution in [0.5, 0.6) is 0 Å². The Bertz CT molecular complexity index is 216. The maximum absolute atomic E-state index is 11.5. The van der Waals surface area contributed by atoms with Gasteiger partial charge in [-0.05, 0) is 19.3 Å². The van der Waals surface area contributed by atoms with Gasteiger partial charge in [0.2, 0.25) is 5.91 Å². The molecule has 1 saturated carbocycles. The van der Waals surface area contributed by atoms with E-state index in [1.54, 1.807) is 0 Å². The zero-order chi connectivity index (χ0) is 11.1. The molecule has 0 spiro atoms. The largest absolute Gasteiger partial charge is 0.353 e. The molecule has 3 nitrogen and oxygen atoms in total. The molecule has 1 aliphatic rings. The van der Waals surface area contributed by atoms with Gasteiger partial charge in [0, 0.05) is 25.3 Å². The summed E-state index contributed by atoms with van der Waals surface area (Å²) in [6, 6.07) is 0.247. The highest BCUT2D eigenvalue weighted by atomic mass is 16.1. The van der Waals surface area contributed by atoms with Gasteiger partial charge in [0.05, 0.1) is 0 Å². The predicted molar refractivity (Wildman–Crippen MR) is 59.5 cm³/mol. The second-order valence-electron chi connectivity index (χ2n) is 4.34. The third-order valence-corrected chi connectivity index (χ3v) is 2.92. The Labute approximate surface area is 91.6 Å². The number of unbranched alkanes of at least 4 members (excludes halogenated alkanes) is 2. The molecule has 3 heteroatoms. The number of hydrogen-bond acceptors (Lipinski definition) is 2. The van der Waals surface area contributed by atoms with Crippen LogP contribution >= 0.6 is 0 Å². The van der Waals surface area contributed by atoms with E-state index in [-0.39, 0.29) is 11.9 Å². The van der Waals surface area contributed by atoms with Crippen LogP contribution in [0.25, 0.3) is 0 Å². The van der Waals surface area contributed by atoms with Gasteiger partial charge in [-0.1, -0.05) is 19.8 Å². The third-order valence-electron chi connectivity index (χ3n) is 2.92. The first-order valence-electron chi connectivity index (χ1n) is 6.03. The van der Waals surface area contributed by atoms with Crippen molar-refractivity contribution in [1.82, 2.24) is 5.32 Å². The fourth-order valence-corrected chi connectivity index (χ4v) is 1.92.